The van der Waals surface area contributed by atoms with Gasteiger partial charge in [0.25, 0.3) is 5.69 Å². The number of methoxy groups -OCH3 is 1. The maximum atomic E-state index is 10.9. The average Bonchev–Trinajstić information content (AvgIpc) is 2.72. The second kappa shape index (κ2) is 9.62. The molecule has 3 aromatic rings. The van der Waals surface area contributed by atoms with E-state index in [0.29, 0.717) is 35.4 Å². The number of nitrogens with one attached hydrogen (secondary N) is 1. The fraction of sp³-hybridized carbons (Fsp3) is 0.143. The van der Waals surface area contributed by atoms with Gasteiger partial charge in [0.05, 0.1) is 17.1 Å². The Morgan fingerprint density at radius 1 is 1.10 bits per heavy atom. The molecule has 0 saturated carbocycles. The van der Waals surface area contributed by atoms with Crippen LogP contribution in [0.2, 0.25) is 5.02 Å². The molecule has 0 saturated heterocycles. The molecule has 0 aromatic heterocycles. The van der Waals surface area contributed by atoms with Crippen molar-refractivity contribution in [2.45, 2.75) is 13.2 Å². The number of nitro benzene ring substituents is 1. The van der Waals surface area contributed by atoms with Crippen LogP contribution in [0.1, 0.15) is 11.1 Å². The molecule has 0 fully saturated rings. The molecule has 0 amide bonds. The van der Waals surface area contributed by atoms with Crippen molar-refractivity contribution >= 4 is 38.9 Å². The number of anilines is 1. The topological polar surface area (TPSA) is 73.6 Å². The number of halogens is 2. The highest BCUT2D eigenvalue weighted by atomic mass is 79.9. The van der Waals surface area contributed by atoms with E-state index in [-0.39, 0.29) is 5.69 Å². The molecule has 1 N–H and O–H groups in total. The first-order valence-corrected chi connectivity index (χ1v) is 9.85. The number of hydrogen-bond acceptors (Lipinski definition) is 5. The van der Waals surface area contributed by atoms with E-state index in [2.05, 4.69) is 21.2 Å². The normalized spacial score (nSPS) is 10.4. The standard InChI is InChI=1S/C21H18BrClN2O4/c1-28-20-10-15(12-24-17-3-2-4-18(11-17)25(26)27)9-19(23)21(20)29-13-14-5-7-16(22)8-6-14/h2-11,24H,12-13H2,1H3. The van der Waals surface area contributed by atoms with Crippen molar-refractivity contribution in [3.05, 3.63) is 91.4 Å². The summed E-state index contributed by atoms with van der Waals surface area (Å²) in [6.45, 7) is 0.777. The van der Waals surface area contributed by atoms with Crippen LogP contribution >= 0.6 is 27.5 Å². The average molecular weight is 478 g/mol. The van der Waals surface area contributed by atoms with Gasteiger partial charge in [0, 0.05) is 28.8 Å². The summed E-state index contributed by atoms with van der Waals surface area (Å²) in [6, 6.07) is 17.7. The molecule has 0 spiro atoms. The van der Waals surface area contributed by atoms with Gasteiger partial charge >= 0.3 is 0 Å². The zero-order valence-electron chi connectivity index (χ0n) is 15.5. The van der Waals surface area contributed by atoms with Gasteiger partial charge in [0.1, 0.15) is 6.61 Å². The Morgan fingerprint density at radius 2 is 1.86 bits per heavy atom. The number of benzene rings is 3. The molecule has 3 rings (SSSR count). The van der Waals surface area contributed by atoms with E-state index in [9.17, 15) is 10.1 Å². The van der Waals surface area contributed by atoms with E-state index in [4.69, 9.17) is 21.1 Å². The Morgan fingerprint density at radius 3 is 2.55 bits per heavy atom. The fourth-order valence-electron chi connectivity index (χ4n) is 2.69. The van der Waals surface area contributed by atoms with Gasteiger partial charge in [-0.15, -0.1) is 0 Å². The monoisotopic (exact) mass is 476 g/mol. The second-order valence-corrected chi connectivity index (χ2v) is 7.51. The molecule has 0 radical (unpaired) electrons. The smallest absolute Gasteiger partial charge is 0.271 e. The largest absolute Gasteiger partial charge is 0.493 e. The van der Waals surface area contributed by atoms with E-state index in [1.165, 1.54) is 12.1 Å². The Labute approximate surface area is 181 Å². The molecular weight excluding hydrogens is 460 g/mol. The predicted molar refractivity (Wildman–Crippen MR) is 117 cm³/mol. The van der Waals surface area contributed by atoms with Gasteiger partial charge in [-0.3, -0.25) is 10.1 Å². The van der Waals surface area contributed by atoms with Gasteiger partial charge in [-0.2, -0.15) is 0 Å². The highest BCUT2D eigenvalue weighted by molar-refractivity contribution is 9.10. The zero-order chi connectivity index (χ0) is 20.8. The molecule has 0 bridgehead atoms. The lowest BCUT2D eigenvalue weighted by atomic mass is 10.2. The first-order chi connectivity index (χ1) is 14.0. The highest BCUT2D eigenvalue weighted by Crippen LogP contribution is 2.37. The van der Waals surface area contributed by atoms with E-state index in [1.807, 2.05) is 30.3 Å². The quantitative estimate of drug-likeness (QED) is 0.308. The summed E-state index contributed by atoms with van der Waals surface area (Å²) in [5.74, 6) is 0.988. The maximum absolute atomic E-state index is 10.9. The Balaban J connectivity index is 1.71. The first kappa shape index (κ1) is 21.0. The van der Waals surface area contributed by atoms with Crippen molar-refractivity contribution < 1.29 is 14.4 Å². The third-order valence-electron chi connectivity index (χ3n) is 4.14. The number of nitro groups is 1. The van der Waals surface area contributed by atoms with Gasteiger partial charge in [-0.25, -0.2) is 0 Å². The molecule has 150 valence electrons. The van der Waals surface area contributed by atoms with Crippen LogP contribution in [0.25, 0.3) is 0 Å². The van der Waals surface area contributed by atoms with Crippen LogP contribution in [-0.2, 0) is 13.2 Å². The molecule has 0 heterocycles. The molecule has 8 heteroatoms. The molecule has 3 aromatic carbocycles. The number of non-ortho nitro benzene ring substituents is 1. The van der Waals surface area contributed by atoms with Gasteiger partial charge in [0.15, 0.2) is 11.5 Å². The van der Waals surface area contributed by atoms with Crippen molar-refractivity contribution in [1.82, 2.24) is 0 Å². The van der Waals surface area contributed by atoms with Gasteiger partial charge in [0.2, 0.25) is 0 Å². The van der Waals surface area contributed by atoms with E-state index in [1.54, 1.807) is 25.3 Å². The summed E-state index contributed by atoms with van der Waals surface area (Å²) in [6.07, 6.45) is 0. The van der Waals surface area contributed by atoms with Gasteiger partial charge < -0.3 is 14.8 Å². The molecular formula is C21H18BrClN2O4. The Hall–Kier alpha value is -2.77. The molecule has 0 aliphatic heterocycles. The summed E-state index contributed by atoms with van der Waals surface area (Å²) in [5.41, 5.74) is 2.53. The number of rotatable bonds is 8. The third kappa shape index (κ3) is 5.62. The van der Waals surface area contributed by atoms with Crippen LogP contribution in [-0.4, -0.2) is 12.0 Å². The fourth-order valence-corrected chi connectivity index (χ4v) is 3.24. The summed E-state index contributed by atoms with van der Waals surface area (Å²) in [5, 5.41) is 14.5. The minimum absolute atomic E-state index is 0.0299. The summed E-state index contributed by atoms with van der Waals surface area (Å²) in [4.78, 5) is 10.5. The van der Waals surface area contributed by atoms with Crippen LogP contribution in [0.4, 0.5) is 11.4 Å². The van der Waals surface area contributed by atoms with Gasteiger partial charge in [-0.1, -0.05) is 45.7 Å². The molecule has 0 aliphatic carbocycles. The summed E-state index contributed by atoms with van der Waals surface area (Å²) in [7, 11) is 1.55. The maximum Gasteiger partial charge on any atom is 0.271 e. The van der Waals surface area contributed by atoms with Crippen molar-refractivity contribution in [3.63, 3.8) is 0 Å². The molecule has 0 atom stereocenters. The van der Waals surface area contributed by atoms with Crippen LogP contribution in [0.15, 0.2) is 65.1 Å². The van der Waals surface area contributed by atoms with Crippen molar-refractivity contribution in [3.8, 4) is 11.5 Å². The van der Waals surface area contributed by atoms with Crippen molar-refractivity contribution in [2.24, 2.45) is 0 Å². The van der Waals surface area contributed by atoms with Crippen molar-refractivity contribution in [1.29, 1.82) is 0 Å². The number of ether oxygens (including phenoxy) is 2. The lowest BCUT2D eigenvalue weighted by Crippen LogP contribution is -2.03. The van der Waals surface area contributed by atoms with Crippen LogP contribution in [0, 0.1) is 10.1 Å². The van der Waals surface area contributed by atoms with Crippen LogP contribution in [0.5, 0.6) is 11.5 Å². The Kier molecular flexibility index (Phi) is 6.95. The van der Waals surface area contributed by atoms with Crippen molar-refractivity contribution in [2.75, 3.05) is 12.4 Å². The van der Waals surface area contributed by atoms with E-state index in [0.717, 1.165) is 15.6 Å². The van der Waals surface area contributed by atoms with E-state index < -0.39 is 4.92 Å². The third-order valence-corrected chi connectivity index (χ3v) is 4.95. The number of nitrogens with zero attached hydrogens (tertiary/aromatic N) is 1. The van der Waals surface area contributed by atoms with Gasteiger partial charge in [-0.05, 0) is 41.5 Å². The zero-order valence-corrected chi connectivity index (χ0v) is 17.9. The molecule has 29 heavy (non-hydrogen) atoms. The lowest BCUT2D eigenvalue weighted by Gasteiger charge is -2.15. The second-order valence-electron chi connectivity index (χ2n) is 6.19. The predicted octanol–water partition coefficient (Wildman–Crippen LogP) is 6.21. The highest BCUT2D eigenvalue weighted by Gasteiger charge is 2.13. The molecule has 0 aliphatic rings. The SMILES string of the molecule is COc1cc(CNc2cccc([N+](=O)[O-])c2)cc(Cl)c1OCc1ccc(Br)cc1. The Bertz CT molecular complexity index is 1010. The number of hydrogen-bond donors (Lipinski definition) is 1. The minimum atomic E-state index is -0.428. The molecule has 0 unspecified atom stereocenters. The van der Waals surface area contributed by atoms with E-state index >= 15 is 0 Å². The summed E-state index contributed by atoms with van der Waals surface area (Å²) >= 11 is 9.83. The van der Waals surface area contributed by atoms with Crippen LogP contribution in [0.3, 0.4) is 0 Å². The molecule has 6 nitrogen and oxygen atoms in total. The first-order valence-electron chi connectivity index (χ1n) is 8.68. The van der Waals surface area contributed by atoms with Crippen LogP contribution < -0.4 is 14.8 Å². The summed E-state index contributed by atoms with van der Waals surface area (Å²) < 4.78 is 12.3. The minimum Gasteiger partial charge on any atom is -0.493 e. The lowest BCUT2D eigenvalue weighted by molar-refractivity contribution is -0.384.